The Kier molecular flexibility index (Phi) is 19.6. The van der Waals surface area contributed by atoms with Crippen molar-refractivity contribution in [3.63, 3.8) is 0 Å². The molecule has 12 heteroatoms. The zero-order valence-corrected chi connectivity index (χ0v) is 72.9. The van der Waals surface area contributed by atoms with Crippen molar-refractivity contribution in [3.05, 3.63) is 473 Å². The van der Waals surface area contributed by atoms with Crippen LogP contribution in [-0.4, -0.2) is 58.6 Å². The van der Waals surface area contributed by atoms with Crippen LogP contribution in [0.2, 0.25) is 0 Å². The highest BCUT2D eigenvalue weighted by Gasteiger charge is 2.24. The Labute approximate surface area is 776 Å². The maximum atomic E-state index is 4.96. The lowest BCUT2D eigenvalue weighted by Gasteiger charge is -2.13. The van der Waals surface area contributed by atoms with Crippen LogP contribution < -0.4 is 0 Å². The van der Waals surface area contributed by atoms with Crippen molar-refractivity contribution in [2.45, 2.75) is 0 Å². The molecule has 0 N–H and O–H groups in total. The fourth-order valence-corrected chi connectivity index (χ4v) is 19.4. The summed E-state index contributed by atoms with van der Waals surface area (Å²) in [6.07, 6.45) is 0. The molecule has 135 heavy (non-hydrogen) atoms. The number of aromatic nitrogens is 12. The molecule has 0 amide bonds. The van der Waals surface area contributed by atoms with Crippen molar-refractivity contribution < 1.29 is 0 Å². The average molecular weight is 1720 g/mol. The van der Waals surface area contributed by atoms with Crippen LogP contribution in [0.1, 0.15) is 0 Å². The third-order valence-corrected chi connectivity index (χ3v) is 25.8. The van der Waals surface area contributed by atoms with Gasteiger partial charge in [0.15, 0.2) is 52.4 Å². The minimum atomic E-state index is 0.651. The van der Waals surface area contributed by atoms with Gasteiger partial charge >= 0.3 is 0 Å². The van der Waals surface area contributed by atoms with E-state index in [9.17, 15) is 0 Å². The fraction of sp³-hybridized carbons (Fsp3) is 0. The van der Waals surface area contributed by atoms with E-state index in [0.29, 0.717) is 52.4 Å². The summed E-state index contributed by atoms with van der Waals surface area (Å²) < 4.78 is 7.22. The smallest absolute Gasteiger partial charge is 0.164 e. The standard InChI is InChI=1S/3C41H26N4/c3*1-3-12-27(13-4-1)39-42-40(28-14-5-2-6-15-28)44-41(43-39)32-22-23-33-31(24-32)18-11-21-36(33)45-37-20-10-9-19-34(37)35-25-29-16-7-8-17-30(29)26-38(35)45/h3*1-26H. The molecule has 6 aromatic heterocycles. The van der Waals surface area contributed by atoms with Crippen molar-refractivity contribution in [2.75, 3.05) is 0 Å². The Morgan fingerprint density at radius 3 is 0.541 bits per heavy atom. The van der Waals surface area contributed by atoms with Crippen molar-refractivity contribution in [1.82, 2.24) is 58.6 Å². The Bertz CT molecular complexity index is 8280. The van der Waals surface area contributed by atoms with Crippen LogP contribution in [0.25, 0.3) is 250 Å². The molecule has 0 bridgehead atoms. The van der Waals surface area contributed by atoms with E-state index in [1.54, 1.807) is 0 Å². The summed E-state index contributed by atoms with van der Waals surface area (Å²) in [6, 6.07) is 166. The van der Waals surface area contributed by atoms with Gasteiger partial charge in [-0.05, 0) is 139 Å². The largest absolute Gasteiger partial charge is 0.309 e. The lowest BCUT2D eigenvalue weighted by Crippen LogP contribution is -2.00. The number of rotatable bonds is 12. The number of hydrogen-bond donors (Lipinski definition) is 0. The fourth-order valence-electron chi connectivity index (χ4n) is 19.4. The van der Waals surface area contributed by atoms with E-state index >= 15 is 0 Å². The van der Waals surface area contributed by atoms with Crippen molar-refractivity contribution >= 4 is 130 Å². The molecule has 0 saturated heterocycles. The summed E-state index contributed by atoms with van der Waals surface area (Å²) in [5, 5.41) is 21.8. The van der Waals surface area contributed by atoms with E-state index in [4.69, 9.17) is 44.9 Å². The number of benzene rings is 21. The van der Waals surface area contributed by atoms with Crippen LogP contribution in [0.15, 0.2) is 473 Å². The molecule has 27 rings (SSSR count). The molecule has 6 heterocycles. The zero-order chi connectivity index (χ0) is 89.2. The number of hydrogen-bond acceptors (Lipinski definition) is 9. The quantitative estimate of drug-likeness (QED) is 0.117. The normalized spacial score (nSPS) is 11.6. The summed E-state index contributed by atoms with van der Waals surface area (Å²) in [6.45, 7) is 0. The molecule has 0 radical (unpaired) electrons. The third-order valence-electron chi connectivity index (χ3n) is 25.8. The third kappa shape index (κ3) is 14.5. The first kappa shape index (κ1) is 78.8. The molecule has 0 saturated carbocycles. The van der Waals surface area contributed by atoms with Crippen LogP contribution in [0.4, 0.5) is 0 Å². The van der Waals surface area contributed by atoms with Gasteiger partial charge in [-0.2, -0.15) is 0 Å². The lowest BCUT2D eigenvalue weighted by atomic mass is 10.0. The van der Waals surface area contributed by atoms with Gasteiger partial charge < -0.3 is 13.7 Å². The van der Waals surface area contributed by atoms with Gasteiger partial charge in [0.05, 0.1) is 50.2 Å². The van der Waals surface area contributed by atoms with Gasteiger partial charge in [-0.25, -0.2) is 44.9 Å². The van der Waals surface area contributed by atoms with Crippen molar-refractivity contribution in [1.29, 1.82) is 0 Å². The maximum absolute atomic E-state index is 4.96. The molecule has 0 atom stereocenters. The number of para-hydroxylation sites is 3. The summed E-state index contributed by atoms with van der Waals surface area (Å²) in [7, 11) is 0. The van der Waals surface area contributed by atoms with E-state index in [1.165, 1.54) is 97.7 Å². The van der Waals surface area contributed by atoms with E-state index < -0.39 is 0 Å². The van der Waals surface area contributed by atoms with Crippen molar-refractivity contribution in [3.8, 4) is 120 Å². The first-order chi connectivity index (χ1) is 66.9. The molecule has 0 unspecified atom stereocenters. The second kappa shape index (κ2) is 33.6. The molecular weight excluding hydrogens is 1650 g/mol. The SMILES string of the molecule is c1ccc(-c2nc(-c3ccccc3)nc(-c3ccc4c(-n5c6ccccc6c6cc7ccccc7cc65)cccc4c3)n2)cc1.c1ccc(-c2nc(-c3ccccc3)nc(-c3ccc4c(-n5c6ccccc6c6cc7ccccc7cc65)cccc4c3)n2)cc1.c1ccc(-c2nc(-c3ccccc3)nc(-c3ccc4c(-n5c6ccccc6c6cc7ccccc7cc65)cccc4c3)n2)cc1. The molecular formula is C123H78N12. The van der Waals surface area contributed by atoms with Gasteiger partial charge in [-0.3, -0.25) is 0 Å². The molecule has 0 aliphatic carbocycles. The molecule has 0 spiro atoms. The molecule has 0 aliphatic rings. The Balaban J connectivity index is 0.000000108. The van der Waals surface area contributed by atoms with Gasteiger partial charge in [0.2, 0.25) is 0 Å². The lowest BCUT2D eigenvalue weighted by molar-refractivity contribution is 1.07. The second-order valence-corrected chi connectivity index (χ2v) is 34.0. The predicted octanol–water partition coefficient (Wildman–Crippen LogP) is 30.8. The minimum absolute atomic E-state index is 0.651. The van der Waals surface area contributed by atoms with Gasteiger partial charge in [-0.1, -0.05) is 382 Å². The van der Waals surface area contributed by atoms with Gasteiger partial charge in [0.25, 0.3) is 0 Å². The first-order valence-corrected chi connectivity index (χ1v) is 45.4. The topological polar surface area (TPSA) is 131 Å². The van der Waals surface area contributed by atoms with Crippen LogP contribution >= 0.6 is 0 Å². The Hall–Kier alpha value is -18.4. The zero-order valence-electron chi connectivity index (χ0n) is 72.9. The number of nitrogens with zero attached hydrogens (tertiary/aromatic N) is 12. The predicted molar refractivity (Wildman–Crippen MR) is 556 cm³/mol. The van der Waals surface area contributed by atoms with Crippen molar-refractivity contribution in [2.24, 2.45) is 0 Å². The van der Waals surface area contributed by atoms with E-state index in [-0.39, 0.29) is 0 Å². The minimum Gasteiger partial charge on any atom is -0.309 e. The van der Waals surface area contributed by atoms with Gasteiger partial charge in [0.1, 0.15) is 0 Å². The highest BCUT2D eigenvalue weighted by Crippen LogP contribution is 2.44. The molecule has 630 valence electrons. The highest BCUT2D eigenvalue weighted by molar-refractivity contribution is 6.18. The van der Waals surface area contributed by atoms with Gasteiger partial charge in [0, 0.05) is 98.5 Å². The van der Waals surface area contributed by atoms with Crippen LogP contribution in [0.3, 0.4) is 0 Å². The van der Waals surface area contributed by atoms with E-state index in [0.717, 1.165) is 99.5 Å². The Morgan fingerprint density at radius 1 is 0.111 bits per heavy atom. The monoisotopic (exact) mass is 1720 g/mol. The van der Waals surface area contributed by atoms with Crippen LogP contribution in [-0.2, 0) is 0 Å². The molecule has 0 fully saturated rings. The Morgan fingerprint density at radius 2 is 0.304 bits per heavy atom. The summed E-state index contributed by atoms with van der Waals surface area (Å²) in [4.78, 5) is 44.4. The van der Waals surface area contributed by atoms with Gasteiger partial charge in [-0.15, -0.1) is 0 Å². The first-order valence-electron chi connectivity index (χ1n) is 45.4. The maximum Gasteiger partial charge on any atom is 0.164 e. The summed E-state index contributed by atoms with van der Waals surface area (Å²) in [5.74, 6) is 5.90. The summed E-state index contributed by atoms with van der Waals surface area (Å²) >= 11 is 0. The highest BCUT2D eigenvalue weighted by atomic mass is 15.1. The molecule has 21 aromatic carbocycles. The summed E-state index contributed by atoms with van der Waals surface area (Å²) in [5.41, 5.74) is 19.2. The average Bonchev–Trinajstić information content (AvgIpc) is 1.59. The second-order valence-electron chi connectivity index (χ2n) is 34.0. The molecule has 12 nitrogen and oxygen atoms in total. The number of fused-ring (bicyclic) bond motifs is 15. The van der Waals surface area contributed by atoms with E-state index in [1.807, 2.05) is 182 Å². The molecule has 27 aromatic rings. The van der Waals surface area contributed by atoms with Crippen LogP contribution in [0, 0.1) is 0 Å². The van der Waals surface area contributed by atoms with E-state index in [2.05, 4.69) is 305 Å². The molecule has 0 aliphatic heterocycles. The van der Waals surface area contributed by atoms with Crippen LogP contribution in [0.5, 0.6) is 0 Å².